The Bertz CT molecular complexity index is 859. The maximum absolute atomic E-state index is 12.3. The SMILES string of the molecule is Nc1c(C(=O)NCc2ccc(Cl)cc2)nnn1-c1ccc(Cl)cc1. The highest BCUT2D eigenvalue weighted by atomic mass is 35.5. The first-order chi connectivity index (χ1) is 11.5. The van der Waals surface area contributed by atoms with Gasteiger partial charge < -0.3 is 11.1 Å². The minimum absolute atomic E-state index is 0.0684. The summed E-state index contributed by atoms with van der Waals surface area (Å²) in [7, 11) is 0. The van der Waals surface area contributed by atoms with Crippen LogP contribution in [0.2, 0.25) is 10.0 Å². The standard InChI is InChI=1S/C16H13Cl2N5O/c17-11-3-1-10(2-4-11)9-20-16(24)14-15(19)23(22-21-14)13-7-5-12(18)6-8-13/h1-8H,9,19H2,(H,20,24). The van der Waals surface area contributed by atoms with E-state index < -0.39 is 5.91 Å². The van der Waals surface area contributed by atoms with Crippen molar-refractivity contribution in [2.75, 3.05) is 5.73 Å². The van der Waals surface area contributed by atoms with Crippen LogP contribution in [0.15, 0.2) is 48.5 Å². The van der Waals surface area contributed by atoms with Gasteiger partial charge in [0.05, 0.1) is 5.69 Å². The highest BCUT2D eigenvalue weighted by Gasteiger charge is 2.18. The molecule has 2 aromatic carbocycles. The van der Waals surface area contributed by atoms with Crippen molar-refractivity contribution < 1.29 is 4.79 Å². The van der Waals surface area contributed by atoms with Crippen molar-refractivity contribution in [1.82, 2.24) is 20.3 Å². The average Bonchev–Trinajstić information content (AvgIpc) is 2.96. The Morgan fingerprint density at radius 1 is 1.04 bits per heavy atom. The first-order valence-corrected chi connectivity index (χ1v) is 7.80. The van der Waals surface area contributed by atoms with Gasteiger partial charge in [-0.25, -0.2) is 0 Å². The molecule has 0 aliphatic rings. The molecule has 0 bridgehead atoms. The third-order valence-corrected chi connectivity index (χ3v) is 3.86. The van der Waals surface area contributed by atoms with E-state index in [4.69, 9.17) is 28.9 Å². The molecule has 3 rings (SSSR count). The van der Waals surface area contributed by atoms with Crippen LogP contribution in [0.1, 0.15) is 16.1 Å². The highest BCUT2D eigenvalue weighted by Crippen LogP contribution is 2.17. The maximum atomic E-state index is 12.3. The lowest BCUT2D eigenvalue weighted by Crippen LogP contribution is -2.24. The fraction of sp³-hybridized carbons (Fsp3) is 0.0625. The van der Waals surface area contributed by atoms with Gasteiger partial charge in [-0.1, -0.05) is 40.5 Å². The molecule has 1 amide bonds. The lowest BCUT2D eigenvalue weighted by molar-refractivity contribution is 0.0947. The van der Waals surface area contributed by atoms with Crippen molar-refractivity contribution in [1.29, 1.82) is 0 Å². The van der Waals surface area contributed by atoms with Crippen molar-refractivity contribution >= 4 is 34.9 Å². The Kier molecular flexibility index (Phi) is 4.69. The van der Waals surface area contributed by atoms with Gasteiger partial charge in [0.2, 0.25) is 0 Å². The smallest absolute Gasteiger partial charge is 0.275 e. The Morgan fingerprint density at radius 2 is 1.62 bits per heavy atom. The van der Waals surface area contributed by atoms with E-state index in [2.05, 4.69) is 15.6 Å². The predicted molar refractivity (Wildman–Crippen MR) is 93.4 cm³/mol. The van der Waals surface area contributed by atoms with E-state index in [1.807, 2.05) is 12.1 Å². The number of nitrogens with one attached hydrogen (secondary N) is 1. The third-order valence-electron chi connectivity index (χ3n) is 3.36. The Hall–Kier alpha value is -2.57. The minimum atomic E-state index is -0.400. The zero-order valence-corrected chi connectivity index (χ0v) is 13.9. The molecule has 24 heavy (non-hydrogen) atoms. The van der Waals surface area contributed by atoms with Crippen molar-refractivity contribution in [2.24, 2.45) is 0 Å². The number of carbonyl (C=O) groups is 1. The van der Waals surface area contributed by atoms with Gasteiger partial charge in [0.25, 0.3) is 5.91 Å². The number of amides is 1. The van der Waals surface area contributed by atoms with Gasteiger partial charge in [-0.3, -0.25) is 4.79 Å². The van der Waals surface area contributed by atoms with E-state index in [0.29, 0.717) is 22.3 Å². The van der Waals surface area contributed by atoms with E-state index >= 15 is 0 Å². The molecule has 0 fully saturated rings. The number of nitrogen functional groups attached to an aromatic ring is 1. The van der Waals surface area contributed by atoms with Gasteiger partial charge in [0, 0.05) is 16.6 Å². The minimum Gasteiger partial charge on any atom is -0.382 e. The molecule has 0 saturated heterocycles. The summed E-state index contributed by atoms with van der Waals surface area (Å²) in [6, 6.07) is 14.1. The summed E-state index contributed by atoms with van der Waals surface area (Å²) in [5, 5.41) is 11.8. The molecule has 3 N–H and O–H groups in total. The van der Waals surface area contributed by atoms with E-state index in [1.54, 1.807) is 36.4 Å². The van der Waals surface area contributed by atoms with Crippen molar-refractivity contribution in [3.63, 3.8) is 0 Å². The first kappa shape index (κ1) is 16.3. The van der Waals surface area contributed by atoms with Crippen LogP contribution in [-0.2, 0) is 6.54 Å². The van der Waals surface area contributed by atoms with Crippen molar-refractivity contribution in [3.05, 3.63) is 69.8 Å². The Labute approximate surface area is 148 Å². The van der Waals surface area contributed by atoms with Crippen LogP contribution in [-0.4, -0.2) is 20.9 Å². The molecule has 0 aliphatic carbocycles. The highest BCUT2D eigenvalue weighted by molar-refractivity contribution is 6.30. The molecule has 122 valence electrons. The molecule has 0 saturated carbocycles. The molecule has 6 nitrogen and oxygen atoms in total. The van der Waals surface area contributed by atoms with E-state index in [1.165, 1.54) is 4.68 Å². The number of anilines is 1. The molecule has 0 atom stereocenters. The molecular formula is C16H13Cl2N5O. The van der Waals surface area contributed by atoms with Crippen LogP contribution < -0.4 is 11.1 Å². The zero-order valence-electron chi connectivity index (χ0n) is 12.4. The molecule has 0 aliphatic heterocycles. The van der Waals surface area contributed by atoms with Gasteiger partial charge in [-0.15, -0.1) is 5.10 Å². The molecular weight excluding hydrogens is 349 g/mol. The van der Waals surface area contributed by atoms with Gasteiger partial charge in [0.1, 0.15) is 0 Å². The fourth-order valence-corrected chi connectivity index (χ4v) is 2.34. The first-order valence-electron chi connectivity index (χ1n) is 7.04. The number of aromatic nitrogens is 3. The summed E-state index contributed by atoms with van der Waals surface area (Å²) in [5.41, 5.74) is 7.64. The summed E-state index contributed by atoms with van der Waals surface area (Å²) >= 11 is 11.7. The number of benzene rings is 2. The molecule has 0 spiro atoms. The van der Waals surface area contributed by atoms with Gasteiger partial charge in [-0.2, -0.15) is 4.68 Å². The number of halogens is 2. The number of carbonyl (C=O) groups excluding carboxylic acids is 1. The molecule has 0 unspecified atom stereocenters. The zero-order chi connectivity index (χ0) is 17.1. The van der Waals surface area contributed by atoms with Crippen LogP contribution in [0.3, 0.4) is 0 Å². The average molecular weight is 362 g/mol. The summed E-state index contributed by atoms with van der Waals surface area (Å²) in [4.78, 5) is 12.3. The molecule has 0 radical (unpaired) electrons. The van der Waals surface area contributed by atoms with Crippen LogP contribution in [0, 0.1) is 0 Å². The topological polar surface area (TPSA) is 85.8 Å². The van der Waals surface area contributed by atoms with E-state index in [-0.39, 0.29) is 11.5 Å². The fourth-order valence-electron chi connectivity index (χ4n) is 2.09. The van der Waals surface area contributed by atoms with Crippen LogP contribution in [0.4, 0.5) is 5.82 Å². The Morgan fingerprint density at radius 3 is 2.25 bits per heavy atom. The largest absolute Gasteiger partial charge is 0.382 e. The quantitative estimate of drug-likeness (QED) is 0.747. The summed E-state index contributed by atoms with van der Waals surface area (Å²) in [5.74, 6) is -0.242. The lowest BCUT2D eigenvalue weighted by atomic mass is 10.2. The number of nitrogens with two attached hydrogens (primary N) is 1. The molecule has 8 heteroatoms. The summed E-state index contributed by atoms with van der Waals surface area (Å²) in [6.07, 6.45) is 0. The van der Waals surface area contributed by atoms with Gasteiger partial charge >= 0.3 is 0 Å². The molecule has 1 aromatic heterocycles. The van der Waals surface area contributed by atoms with Crippen LogP contribution in [0.5, 0.6) is 0 Å². The number of hydrogen-bond donors (Lipinski definition) is 2. The van der Waals surface area contributed by atoms with E-state index in [0.717, 1.165) is 5.56 Å². The number of hydrogen-bond acceptors (Lipinski definition) is 4. The van der Waals surface area contributed by atoms with Crippen LogP contribution in [0.25, 0.3) is 5.69 Å². The second kappa shape index (κ2) is 6.90. The van der Waals surface area contributed by atoms with Crippen LogP contribution >= 0.6 is 23.2 Å². The number of nitrogens with zero attached hydrogens (tertiary/aromatic N) is 3. The lowest BCUT2D eigenvalue weighted by Gasteiger charge is -2.05. The second-order valence-corrected chi connectivity index (χ2v) is 5.89. The number of rotatable bonds is 4. The normalized spacial score (nSPS) is 10.6. The molecule has 3 aromatic rings. The monoisotopic (exact) mass is 361 g/mol. The third kappa shape index (κ3) is 3.50. The van der Waals surface area contributed by atoms with Crippen molar-refractivity contribution in [3.8, 4) is 5.69 Å². The van der Waals surface area contributed by atoms with Crippen molar-refractivity contribution in [2.45, 2.75) is 6.54 Å². The van der Waals surface area contributed by atoms with E-state index in [9.17, 15) is 4.79 Å². The summed E-state index contributed by atoms with van der Waals surface area (Å²) < 4.78 is 1.38. The second-order valence-electron chi connectivity index (χ2n) is 5.02. The van der Waals surface area contributed by atoms with Gasteiger partial charge in [0.15, 0.2) is 11.5 Å². The molecule has 1 heterocycles. The predicted octanol–water partition coefficient (Wildman–Crippen LogP) is 3.09. The maximum Gasteiger partial charge on any atom is 0.275 e. The summed E-state index contributed by atoms with van der Waals surface area (Å²) in [6.45, 7) is 0.337. The van der Waals surface area contributed by atoms with Gasteiger partial charge in [-0.05, 0) is 42.0 Å². The Balaban J connectivity index is 1.74.